The Hall–Kier alpha value is -1.00. The molecule has 1 aromatic rings. The molecule has 1 aliphatic rings. The number of halogens is 2. The molecule has 4 heteroatoms. The Morgan fingerprint density at radius 2 is 1.95 bits per heavy atom. The molecule has 1 unspecified atom stereocenters. The molecule has 0 saturated carbocycles. The molecule has 118 valence electrons. The lowest BCUT2D eigenvalue weighted by atomic mass is 9.82. The molecule has 0 bridgehead atoms. The van der Waals surface area contributed by atoms with Crippen LogP contribution in [0.1, 0.15) is 40.2 Å². The largest absolute Gasteiger partial charge is 0.309 e. The van der Waals surface area contributed by atoms with Gasteiger partial charge in [0, 0.05) is 36.8 Å². The van der Waals surface area contributed by atoms with Gasteiger partial charge in [-0.3, -0.25) is 4.90 Å². The number of benzene rings is 1. The summed E-state index contributed by atoms with van der Waals surface area (Å²) < 4.78 is 27.3. The number of rotatable bonds is 2. The normalized spacial score (nSPS) is 23.3. The van der Waals surface area contributed by atoms with Crippen molar-refractivity contribution >= 4 is 0 Å². The second kappa shape index (κ2) is 5.65. The third-order valence-corrected chi connectivity index (χ3v) is 4.19. The maximum Gasteiger partial charge on any atom is 0.127 e. The Labute approximate surface area is 126 Å². The first-order valence-corrected chi connectivity index (χ1v) is 7.51. The van der Waals surface area contributed by atoms with Crippen LogP contribution in [0.15, 0.2) is 18.2 Å². The molecule has 0 radical (unpaired) electrons. The summed E-state index contributed by atoms with van der Waals surface area (Å²) in [5.41, 5.74) is 0.487. The second-order valence-corrected chi connectivity index (χ2v) is 7.79. The van der Waals surface area contributed by atoms with Crippen LogP contribution in [0.4, 0.5) is 8.78 Å². The van der Waals surface area contributed by atoms with Crippen LogP contribution in [-0.4, -0.2) is 29.6 Å². The van der Waals surface area contributed by atoms with Crippen molar-refractivity contribution in [2.75, 3.05) is 13.1 Å². The molecule has 1 aromatic carbocycles. The zero-order valence-electron chi connectivity index (χ0n) is 13.6. The summed E-state index contributed by atoms with van der Waals surface area (Å²) in [6, 6.07) is 3.98. The molecule has 0 amide bonds. The van der Waals surface area contributed by atoms with E-state index in [2.05, 4.69) is 44.8 Å². The van der Waals surface area contributed by atoms with Gasteiger partial charge in [-0.15, -0.1) is 0 Å². The van der Waals surface area contributed by atoms with Crippen molar-refractivity contribution in [1.29, 1.82) is 0 Å². The summed E-state index contributed by atoms with van der Waals surface area (Å²) in [6.45, 7) is 12.9. The monoisotopic (exact) mass is 296 g/mol. The fraction of sp³-hybridized carbons (Fsp3) is 0.647. The third kappa shape index (κ3) is 4.01. The third-order valence-electron chi connectivity index (χ3n) is 4.19. The molecule has 1 fully saturated rings. The molecule has 21 heavy (non-hydrogen) atoms. The summed E-state index contributed by atoms with van der Waals surface area (Å²) in [7, 11) is 0. The average Bonchev–Trinajstić information content (AvgIpc) is 2.31. The van der Waals surface area contributed by atoms with Gasteiger partial charge in [-0.25, -0.2) is 8.78 Å². The molecule has 1 saturated heterocycles. The summed E-state index contributed by atoms with van der Waals surface area (Å²) in [5, 5.41) is 3.55. The highest BCUT2D eigenvalue weighted by molar-refractivity contribution is 5.19. The van der Waals surface area contributed by atoms with Crippen molar-refractivity contribution in [1.82, 2.24) is 10.2 Å². The van der Waals surface area contributed by atoms with Gasteiger partial charge in [0.1, 0.15) is 11.6 Å². The van der Waals surface area contributed by atoms with E-state index >= 15 is 0 Å². The van der Waals surface area contributed by atoms with Crippen molar-refractivity contribution < 1.29 is 8.78 Å². The molecular formula is C17H26F2N2. The molecule has 1 atom stereocenters. The number of nitrogens with zero attached hydrogens (tertiary/aromatic N) is 1. The fourth-order valence-electron chi connectivity index (χ4n) is 3.08. The number of hydrogen-bond acceptors (Lipinski definition) is 2. The Morgan fingerprint density at radius 3 is 2.57 bits per heavy atom. The van der Waals surface area contributed by atoms with E-state index in [-0.39, 0.29) is 28.6 Å². The highest BCUT2D eigenvalue weighted by Gasteiger charge is 2.38. The first kappa shape index (κ1) is 16.4. The van der Waals surface area contributed by atoms with Gasteiger partial charge < -0.3 is 5.32 Å². The SMILES string of the molecule is CC1(C)CN(Cc2cc(F)ccc2F)C(C(C)(C)C)CN1. The van der Waals surface area contributed by atoms with Crippen LogP contribution < -0.4 is 5.32 Å². The van der Waals surface area contributed by atoms with Gasteiger partial charge in [0.15, 0.2) is 0 Å². The minimum absolute atomic E-state index is 0.0223. The molecule has 2 nitrogen and oxygen atoms in total. The van der Waals surface area contributed by atoms with E-state index in [4.69, 9.17) is 0 Å². The van der Waals surface area contributed by atoms with Gasteiger partial charge in [-0.05, 0) is 37.5 Å². The maximum absolute atomic E-state index is 13.9. The standard InChI is InChI=1S/C17H26F2N2/c1-16(2,3)15-9-20-17(4,5)11-21(15)10-12-8-13(18)6-7-14(12)19/h6-8,15,20H,9-11H2,1-5H3. The quantitative estimate of drug-likeness (QED) is 0.897. The number of nitrogens with one attached hydrogen (secondary N) is 1. The van der Waals surface area contributed by atoms with E-state index in [0.29, 0.717) is 12.1 Å². The Bertz CT molecular complexity index is 506. The molecule has 1 N–H and O–H groups in total. The minimum atomic E-state index is -0.381. The van der Waals surface area contributed by atoms with E-state index < -0.39 is 0 Å². The predicted octanol–water partition coefficient (Wildman–Crippen LogP) is 3.56. The lowest BCUT2D eigenvalue weighted by Gasteiger charge is -2.49. The van der Waals surface area contributed by atoms with Crippen LogP contribution >= 0.6 is 0 Å². The Kier molecular flexibility index (Phi) is 4.41. The topological polar surface area (TPSA) is 15.3 Å². The first-order chi connectivity index (χ1) is 9.58. The lowest BCUT2D eigenvalue weighted by molar-refractivity contribution is 0.0264. The lowest BCUT2D eigenvalue weighted by Crippen LogP contribution is -2.64. The summed E-state index contributed by atoms with van der Waals surface area (Å²) in [5.74, 6) is -0.714. The molecular weight excluding hydrogens is 270 g/mol. The van der Waals surface area contributed by atoms with Crippen LogP contribution in [0.2, 0.25) is 0 Å². The van der Waals surface area contributed by atoms with Gasteiger partial charge in [0.25, 0.3) is 0 Å². The zero-order valence-corrected chi connectivity index (χ0v) is 13.6. The van der Waals surface area contributed by atoms with Crippen molar-refractivity contribution in [3.05, 3.63) is 35.4 Å². The molecule has 0 aromatic heterocycles. The number of hydrogen-bond donors (Lipinski definition) is 1. The average molecular weight is 296 g/mol. The molecule has 0 spiro atoms. The van der Waals surface area contributed by atoms with E-state index in [1.165, 1.54) is 18.2 Å². The van der Waals surface area contributed by atoms with Crippen molar-refractivity contribution in [2.24, 2.45) is 5.41 Å². The molecule has 1 aliphatic heterocycles. The molecule has 0 aliphatic carbocycles. The Balaban J connectivity index is 2.26. The van der Waals surface area contributed by atoms with E-state index in [1.807, 2.05) is 0 Å². The van der Waals surface area contributed by atoms with Gasteiger partial charge in [0.05, 0.1) is 0 Å². The molecule has 2 rings (SSSR count). The minimum Gasteiger partial charge on any atom is -0.309 e. The van der Waals surface area contributed by atoms with Crippen LogP contribution in [0.25, 0.3) is 0 Å². The van der Waals surface area contributed by atoms with Crippen molar-refractivity contribution in [3.63, 3.8) is 0 Å². The zero-order chi connectivity index (χ0) is 15.8. The smallest absolute Gasteiger partial charge is 0.127 e. The van der Waals surface area contributed by atoms with Crippen molar-refractivity contribution in [3.8, 4) is 0 Å². The predicted molar refractivity (Wildman–Crippen MR) is 82.1 cm³/mol. The summed E-state index contributed by atoms with van der Waals surface area (Å²) in [4.78, 5) is 2.27. The summed E-state index contributed by atoms with van der Waals surface area (Å²) in [6.07, 6.45) is 0. The second-order valence-electron chi connectivity index (χ2n) is 7.79. The first-order valence-electron chi connectivity index (χ1n) is 7.51. The van der Waals surface area contributed by atoms with E-state index in [9.17, 15) is 8.78 Å². The highest BCUT2D eigenvalue weighted by Crippen LogP contribution is 2.30. The van der Waals surface area contributed by atoms with Crippen LogP contribution in [0, 0.1) is 17.0 Å². The fourth-order valence-corrected chi connectivity index (χ4v) is 3.08. The Morgan fingerprint density at radius 1 is 1.29 bits per heavy atom. The van der Waals surface area contributed by atoms with Crippen LogP contribution in [0.3, 0.4) is 0 Å². The summed E-state index contributed by atoms with van der Waals surface area (Å²) >= 11 is 0. The van der Waals surface area contributed by atoms with Crippen LogP contribution in [0.5, 0.6) is 0 Å². The van der Waals surface area contributed by atoms with Gasteiger partial charge in [0.2, 0.25) is 0 Å². The maximum atomic E-state index is 13.9. The van der Waals surface area contributed by atoms with E-state index in [1.54, 1.807) is 0 Å². The molecule has 1 heterocycles. The van der Waals surface area contributed by atoms with Gasteiger partial charge >= 0.3 is 0 Å². The highest BCUT2D eigenvalue weighted by atomic mass is 19.1. The van der Waals surface area contributed by atoms with Gasteiger partial charge in [-0.1, -0.05) is 20.8 Å². The van der Waals surface area contributed by atoms with Crippen molar-refractivity contribution in [2.45, 2.75) is 52.7 Å². The number of piperazine rings is 1. The van der Waals surface area contributed by atoms with Gasteiger partial charge in [-0.2, -0.15) is 0 Å². The van der Waals surface area contributed by atoms with E-state index in [0.717, 1.165) is 13.1 Å². The van der Waals surface area contributed by atoms with Crippen LogP contribution in [-0.2, 0) is 6.54 Å².